The Hall–Kier alpha value is -0.540. The van der Waals surface area contributed by atoms with E-state index < -0.39 is 0 Å². The molecule has 1 aliphatic rings. The van der Waals surface area contributed by atoms with Gasteiger partial charge in [0.1, 0.15) is 5.75 Å². The van der Waals surface area contributed by atoms with Crippen LogP contribution in [-0.2, 0) is 6.54 Å². The van der Waals surface area contributed by atoms with Crippen molar-refractivity contribution in [3.8, 4) is 5.75 Å². The molecule has 0 heterocycles. The number of ether oxygens (including phenoxy) is 1. The van der Waals surface area contributed by atoms with Crippen LogP contribution >= 0.6 is 15.9 Å². The lowest BCUT2D eigenvalue weighted by Gasteiger charge is -2.29. The molecule has 0 saturated heterocycles. The van der Waals surface area contributed by atoms with Crippen molar-refractivity contribution in [2.45, 2.75) is 58.0 Å². The largest absolute Gasteiger partial charge is 0.496 e. The van der Waals surface area contributed by atoms with Gasteiger partial charge in [-0.1, -0.05) is 25.8 Å². The van der Waals surface area contributed by atoms with Gasteiger partial charge in [0.05, 0.1) is 11.6 Å². The molecule has 2 rings (SSSR count). The van der Waals surface area contributed by atoms with Gasteiger partial charge in [-0.05, 0) is 65.2 Å². The van der Waals surface area contributed by atoms with Gasteiger partial charge < -0.3 is 10.1 Å². The fraction of sp³-hybridized carbons (Fsp3) is 0.647. The molecule has 0 aliphatic heterocycles. The first-order valence-corrected chi connectivity index (χ1v) is 8.58. The predicted octanol–water partition coefficient (Wildman–Crippen LogP) is 4.91. The standard InChI is InChI=1S/C17H26BrNO/c1-3-4-13-5-8-15(9-6-13)19-12-14-7-10-17(20-2)16(18)11-14/h7,10-11,13,15,19H,3-6,8-9,12H2,1-2H3. The molecule has 3 heteroatoms. The third kappa shape index (κ3) is 4.49. The molecule has 2 nitrogen and oxygen atoms in total. The first-order valence-electron chi connectivity index (χ1n) is 7.78. The lowest BCUT2D eigenvalue weighted by atomic mass is 9.83. The van der Waals surface area contributed by atoms with Crippen molar-refractivity contribution >= 4 is 15.9 Å². The number of hydrogen-bond donors (Lipinski definition) is 1. The second-order valence-corrected chi connectivity index (χ2v) is 6.71. The third-order valence-electron chi connectivity index (χ3n) is 4.35. The molecule has 0 spiro atoms. The number of benzene rings is 1. The molecular weight excluding hydrogens is 314 g/mol. The van der Waals surface area contributed by atoms with Crippen molar-refractivity contribution in [1.29, 1.82) is 0 Å². The van der Waals surface area contributed by atoms with Gasteiger partial charge in [-0.3, -0.25) is 0 Å². The SMILES string of the molecule is CCCC1CCC(NCc2ccc(OC)c(Br)c2)CC1. The van der Waals surface area contributed by atoms with Gasteiger partial charge in [-0.15, -0.1) is 0 Å². The summed E-state index contributed by atoms with van der Waals surface area (Å²) in [5.41, 5.74) is 1.31. The molecule has 112 valence electrons. The van der Waals surface area contributed by atoms with Gasteiger partial charge in [-0.2, -0.15) is 0 Å². The van der Waals surface area contributed by atoms with Crippen molar-refractivity contribution in [1.82, 2.24) is 5.32 Å². The highest BCUT2D eigenvalue weighted by Crippen LogP contribution is 2.28. The van der Waals surface area contributed by atoms with E-state index in [4.69, 9.17) is 4.74 Å². The van der Waals surface area contributed by atoms with E-state index in [1.165, 1.54) is 44.1 Å². The summed E-state index contributed by atoms with van der Waals surface area (Å²) in [6, 6.07) is 7.01. The molecule has 20 heavy (non-hydrogen) atoms. The Morgan fingerprint density at radius 3 is 2.60 bits per heavy atom. The Kier molecular flexibility index (Phi) is 6.37. The van der Waals surface area contributed by atoms with E-state index >= 15 is 0 Å². The molecular formula is C17H26BrNO. The number of halogens is 1. The summed E-state index contributed by atoms with van der Waals surface area (Å²) in [5, 5.41) is 3.70. The van der Waals surface area contributed by atoms with Crippen LogP contribution in [0.5, 0.6) is 5.75 Å². The zero-order valence-corrected chi connectivity index (χ0v) is 14.2. The van der Waals surface area contributed by atoms with Gasteiger partial charge in [-0.25, -0.2) is 0 Å². The van der Waals surface area contributed by atoms with Gasteiger partial charge in [0.15, 0.2) is 0 Å². The maximum absolute atomic E-state index is 5.26. The Balaban J connectivity index is 1.77. The smallest absolute Gasteiger partial charge is 0.133 e. The van der Waals surface area contributed by atoms with Crippen molar-refractivity contribution in [3.63, 3.8) is 0 Å². The molecule has 0 radical (unpaired) electrons. The van der Waals surface area contributed by atoms with Crippen LogP contribution in [0.2, 0.25) is 0 Å². The summed E-state index contributed by atoms with van der Waals surface area (Å²) in [5.74, 6) is 1.88. The molecule has 1 aliphatic carbocycles. The molecule has 1 aromatic carbocycles. The number of methoxy groups -OCH3 is 1. The van der Waals surface area contributed by atoms with Crippen LogP contribution in [0.4, 0.5) is 0 Å². The summed E-state index contributed by atoms with van der Waals surface area (Å²) < 4.78 is 6.30. The van der Waals surface area contributed by atoms with Crippen LogP contribution in [0.3, 0.4) is 0 Å². The molecule has 1 aromatic rings. The lowest BCUT2D eigenvalue weighted by molar-refractivity contribution is 0.277. The minimum absolute atomic E-state index is 0.698. The monoisotopic (exact) mass is 339 g/mol. The van der Waals surface area contributed by atoms with E-state index in [1.807, 2.05) is 6.07 Å². The molecule has 0 amide bonds. The third-order valence-corrected chi connectivity index (χ3v) is 4.97. The molecule has 0 aromatic heterocycles. The molecule has 1 N–H and O–H groups in total. The average Bonchev–Trinajstić information content (AvgIpc) is 2.47. The number of nitrogens with one attached hydrogen (secondary N) is 1. The first kappa shape index (κ1) is 15.8. The normalized spacial score (nSPS) is 22.8. The van der Waals surface area contributed by atoms with Gasteiger partial charge in [0, 0.05) is 12.6 Å². The van der Waals surface area contributed by atoms with Crippen LogP contribution in [0.25, 0.3) is 0 Å². The Morgan fingerprint density at radius 2 is 2.00 bits per heavy atom. The van der Waals surface area contributed by atoms with Crippen molar-refractivity contribution in [3.05, 3.63) is 28.2 Å². The van der Waals surface area contributed by atoms with Gasteiger partial charge >= 0.3 is 0 Å². The molecule has 1 fully saturated rings. The summed E-state index contributed by atoms with van der Waals surface area (Å²) in [4.78, 5) is 0. The summed E-state index contributed by atoms with van der Waals surface area (Å²) >= 11 is 3.55. The van der Waals surface area contributed by atoms with Crippen LogP contribution in [0, 0.1) is 5.92 Å². The summed E-state index contributed by atoms with van der Waals surface area (Å²) in [7, 11) is 1.70. The Morgan fingerprint density at radius 1 is 1.25 bits per heavy atom. The lowest BCUT2D eigenvalue weighted by Crippen LogP contribution is -2.32. The second kappa shape index (κ2) is 8.04. The first-order chi connectivity index (χ1) is 9.72. The minimum atomic E-state index is 0.698. The second-order valence-electron chi connectivity index (χ2n) is 5.86. The van der Waals surface area contributed by atoms with Crippen LogP contribution in [0.15, 0.2) is 22.7 Å². The van der Waals surface area contributed by atoms with E-state index in [9.17, 15) is 0 Å². The fourth-order valence-corrected chi connectivity index (χ4v) is 3.73. The minimum Gasteiger partial charge on any atom is -0.496 e. The summed E-state index contributed by atoms with van der Waals surface area (Å²) in [6.45, 7) is 3.25. The number of hydrogen-bond acceptors (Lipinski definition) is 2. The zero-order valence-electron chi connectivity index (χ0n) is 12.6. The molecule has 0 atom stereocenters. The van der Waals surface area contributed by atoms with E-state index in [1.54, 1.807) is 7.11 Å². The van der Waals surface area contributed by atoms with Crippen LogP contribution in [-0.4, -0.2) is 13.2 Å². The van der Waals surface area contributed by atoms with Gasteiger partial charge in [0.25, 0.3) is 0 Å². The number of rotatable bonds is 6. The molecule has 0 unspecified atom stereocenters. The maximum atomic E-state index is 5.26. The van der Waals surface area contributed by atoms with E-state index in [0.717, 1.165) is 22.7 Å². The predicted molar refractivity (Wildman–Crippen MR) is 88.2 cm³/mol. The maximum Gasteiger partial charge on any atom is 0.133 e. The fourth-order valence-electron chi connectivity index (χ4n) is 3.15. The highest BCUT2D eigenvalue weighted by molar-refractivity contribution is 9.10. The zero-order chi connectivity index (χ0) is 14.4. The quantitative estimate of drug-likeness (QED) is 0.795. The van der Waals surface area contributed by atoms with Crippen LogP contribution in [0.1, 0.15) is 51.0 Å². The Labute approximate surface area is 131 Å². The van der Waals surface area contributed by atoms with Gasteiger partial charge in [0.2, 0.25) is 0 Å². The van der Waals surface area contributed by atoms with Crippen molar-refractivity contribution < 1.29 is 4.74 Å². The van der Waals surface area contributed by atoms with Crippen LogP contribution < -0.4 is 10.1 Å². The van der Waals surface area contributed by atoms with E-state index in [-0.39, 0.29) is 0 Å². The molecule has 0 bridgehead atoms. The van der Waals surface area contributed by atoms with E-state index in [0.29, 0.717) is 6.04 Å². The summed E-state index contributed by atoms with van der Waals surface area (Å²) in [6.07, 6.45) is 8.22. The van der Waals surface area contributed by atoms with E-state index in [2.05, 4.69) is 40.3 Å². The highest BCUT2D eigenvalue weighted by atomic mass is 79.9. The van der Waals surface area contributed by atoms with Crippen molar-refractivity contribution in [2.75, 3.05) is 7.11 Å². The topological polar surface area (TPSA) is 21.3 Å². The molecule has 1 saturated carbocycles. The average molecular weight is 340 g/mol. The Bertz CT molecular complexity index is 413. The van der Waals surface area contributed by atoms with Crippen molar-refractivity contribution in [2.24, 2.45) is 5.92 Å². The highest BCUT2D eigenvalue weighted by Gasteiger charge is 2.19.